The van der Waals surface area contributed by atoms with Crippen molar-refractivity contribution in [2.24, 2.45) is 5.92 Å². The lowest BCUT2D eigenvalue weighted by Gasteiger charge is -2.23. The first-order valence-electron chi connectivity index (χ1n) is 10.8. The van der Waals surface area contributed by atoms with Crippen molar-refractivity contribution in [3.05, 3.63) is 40.0 Å². The third-order valence-corrected chi connectivity index (χ3v) is 6.78. The van der Waals surface area contributed by atoms with Gasteiger partial charge >= 0.3 is 0 Å². The summed E-state index contributed by atoms with van der Waals surface area (Å²) in [6, 6.07) is 6.07. The monoisotopic (exact) mass is 469 g/mol. The van der Waals surface area contributed by atoms with Gasteiger partial charge in [0, 0.05) is 23.0 Å². The Hall–Kier alpha value is -2.21. The zero-order chi connectivity index (χ0) is 21.1. The largest absolute Gasteiger partial charge is 0.496 e. The lowest BCUT2D eigenvalue weighted by Crippen LogP contribution is -2.21. The zero-order valence-corrected chi connectivity index (χ0v) is 19.2. The number of hydrogen-bond donors (Lipinski definition) is 1. The molecule has 6 heteroatoms. The van der Waals surface area contributed by atoms with Gasteiger partial charge in [0.15, 0.2) is 5.65 Å². The number of H-pyrrole nitrogens is 1. The molecule has 30 heavy (non-hydrogen) atoms. The van der Waals surface area contributed by atoms with Gasteiger partial charge in [-0.3, -0.25) is 4.79 Å². The van der Waals surface area contributed by atoms with E-state index in [1.807, 2.05) is 18.3 Å². The van der Waals surface area contributed by atoms with Crippen LogP contribution in [0.3, 0.4) is 0 Å². The Kier molecular flexibility index (Phi) is 6.52. The number of methoxy groups -OCH3 is 1. The summed E-state index contributed by atoms with van der Waals surface area (Å²) >= 11 is 3.66. The average Bonchev–Trinajstić information content (AvgIpc) is 3.12. The smallest absolute Gasteiger partial charge is 0.178 e. The van der Waals surface area contributed by atoms with Crippen molar-refractivity contribution in [3.63, 3.8) is 0 Å². The number of ether oxygens (including phenoxy) is 1. The molecule has 3 aromatic rings. The SMILES string of the molecule is COc1ccc(C)cc1-c1nc2ncc(Br)c(CCCCCC(=O)C3CCC3)c2[nH]1. The maximum atomic E-state index is 12.1. The molecule has 0 spiro atoms. The van der Waals surface area contributed by atoms with Crippen LogP contribution in [0.25, 0.3) is 22.6 Å². The Morgan fingerprint density at radius 3 is 2.83 bits per heavy atom. The topological polar surface area (TPSA) is 67.9 Å². The number of pyridine rings is 1. The number of aryl methyl sites for hydroxylation is 2. The molecule has 0 saturated heterocycles. The number of hydrogen-bond acceptors (Lipinski definition) is 4. The highest BCUT2D eigenvalue weighted by molar-refractivity contribution is 9.10. The van der Waals surface area contributed by atoms with Crippen LogP contribution in [-0.2, 0) is 11.2 Å². The highest BCUT2D eigenvalue weighted by atomic mass is 79.9. The minimum atomic E-state index is 0.362. The van der Waals surface area contributed by atoms with Crippen molar-refractivity contribution < 1.29 is 9.53 Å². The molecule has 1 fully saturated rings. The van der Waals surface area contributed by atoms with Crippen molar-refractivity contribution in [1.29, 1.82) is 0 Å². The molecule has 0 aliphatic heterocycles. The van der Waals surface area contributed by atoms with E-state index in [9.17, 15) is 4.79 Å². The lowest BCUT2D eigenvalue weighted by molar-refractivity contribution is -0.125. The van der Waals surface area contributed by atoms with Gasteiger partial charge in [-0.25, -0.2) is 9.97 Å². The van der Waals surface area contributed by atoms with E-state index >= 15 is 0 Å². The maximum Gasteiger partial charge on any atom is 0.178 e. The van der Waals surface area contributed by atoms with Gasteiger partial charge < -0.3 is 9.72 Å². The Bertz CT molecular complexity index is 1060. The van der Waals surface area contributed by atoms with E-state index in [-0.39, 0.29) is 0 Å². The summed E-state index contributed by atoms with van der Waals surface area (Å²) in [5.41, 5.74) is 4.96. The molecular formula is C24H28BrN3O2. The number of imidazole rings is 1. The van der Waals surface area contributed by atoms with E-state index in [1.165, 1.54) is 12.0 Å². The summed E-state index contributed by atoms with van der Waals surface area (Å²) in [6.07, 6.45) is 10.0. The van der Waals surface area contributed by atoms with Crippen molar-refractivity contribution in [1.82, 2.24) is 15.0 Å². The van der Waals surface area contributed by atoms with E-state index in [4.69, 9.17) is 9.72 Å². The molecule has 1 aliphatic rings. The lowest BCUT2D eigenvalue weighted by atomic mass is 9.80. The number of ketones is 1. The van der Waals surface area contributed by atoms with Crippen LogP contribution >= 0.6 is 15.9 Å². The average molecular weight is 470 g/mol. The molecule has 0 unspecified atom stereocenters. The fourth-order valence-electron chi connectivity index (χ4n) is 4.07. The number of rotatable bonds is 9. The standard InChI is InChI=1S/C24H28BrN3O2/c1-15-11-12-21(30-2)18(13-15)23-27-22-17(19(25)14-26-24(22)28-23)9-4-3-5-10-20(29)16-7-6-8-16/h11-14,16H,3-10H2,1-2H3,(H,26,27,28). The molecule has 1 N–H and O–H groups in total. The first-order chi connectivity index (χ1) is 14.6. The second-order valence-electron chi connectivity index (χ2n) is 8.23. The molecule has 2 heterocycles. The minimum Gasteiger partial charge on any atom is -0.496 e. The van der Waals surface area contributed by atoms with Gasteiger partial charge in [-0.2, -0.15) is 0 Å². The van der Waals surface area contributed by atoms with Gasteiger partial charge in [-0.15, -0.1) is 0 Å². The van der Waals surface area contributed by atoms with E-state index in [0.29, 0.717) is 17.3 Å². The summed E-state index contributed by atoms with van der Waals surface area (Å²) in [5, 5.41) is 0. The fourth-order valence-corrected chi connectivity index (χ4v) is 4.57. The fraction of sp³-hybridized carbons (Fsp3) is 0.458. The third kappa shape index (κ3) is 4.43. The second kappa shape index (κ2) is 9.29. The first kappa shape index (κ1) is 21.0. The van der Waals surface area contributed by atoms with Crippen LogP contribution < -0.4 is 4.74 Å². The number of aromatic nitrogens is 3. The number of Topliss-reactive ketones (excluding diaryl/α,β-unsaturated/α-hetero) is 1. The number of fused-ring (bicyclic) bond motifs is 1. The molecule has 0 atom stereocenters. The van der Waals surface area contributed by atoms with Crippen molar-refractivity contribution in [3.8, 4) is 17.1 Å². The Labute approximate surface area is 185 Å². The van der Waals surface area contributed by atoms with Crippen LogP contribution in [0.2, 0.25) is 0 Å². The highest BCUT2D eigenvalue weighted by Crippen LogP contribution is 2.33. The van der Waals surface area contributed by atoms with Crippen molar-refractivity contribution in [2.45, 2.75) is 58.3 Å². The Morgan fingerprint density at radius 2 is 2.10 bits per heavy atom. The summed E-state index contributed by atoms with van der Waals surface area (Å²) in [6.45, 7) is 2.06. The summed E-state index contributed by atoms with van der Waals surface area (Å²) in [5.74, 6) is 2.39. The van der Waals surface area contributed by atoms with E-state index < -0.39 is 0 Å². The molecule has 158 valence electrons. The number of nitrogens with zero attached hydrogens (tertiary/aromatic N) is 2. The molecule has 0 bridgehead atoms. The predicted octanol–water partition coefficient (Wildman–Crippen LogP) is 6.18. The molecule has 1 aromatic carbocycles. The summed E-state index contributed by atoms with van der Waals surface area (Å²) < 4.78 is 6.52. The molecular weight excluding hydrogens is 442 g/mol. The first-order valence-corrected chi connectivity index (χ1v) is 11.6. The molecule has 1 aliphatic carbocycles. The Balaban J connectivity index is 1.47. The van der Waals surface area contributed by atoms with Crippen LogP contribution in [0.1, 0.15) is 56.1 Å². The predicted molar refractivity (Wildman–Crippen MR) is 123 cm³/mol. The minimum absolute atomic E-state index is 0.362. The summed E-state index contributed by atoms with van der Waals surface area (Å²) in [7, 11) is 1.67. The van der Waals surface area contributed by atoms with Crippen LogP contribution in [0.4, 0.5) is 0 Å². The number of halogens is 1. The quantitative estimate of drug-likeness (QED) is 0.380. The van der Waals surface area contributed by atoms with Crippen molar-refractivity contribution in [2.75, 3.05) is 7.11 Å². The van der Waals surface area contributed by atoms with Crippen LogP contribution in [-0.4, -0.2) is 27.8 Å². The highest BCUT2D eigenvalue weighted by Gasteiger charge is 2.24. The van der Waals surface area contributed by atoms with Crippen LogP contribution in [0, 0.1) is 12.8 Å². The number of carbonyl (C=O) groups is 1. The summed E-state index contributed by atoms with van der Waals surface area (Å²) in [4.78, 5) is 24.8. The van der Waals surface area contributed by atoms with Crippen molar-refractivity contribution >= 4 is 32.9 Å². The van der Waals surface area contributed by atoms with Crippen LogP contribution in [0.15, 0.2) is 28.9 Å². The number of carbonyl (C=O) groups excluding carboxylic acids is 1. The van der Waals surface area contributed by atoms with E-state index in [1.54, 1.807) is 7.11 Å². The normalized spacial score (nSPS) is 14.1. The number of nitrogens with one attached hydrogen (secondary N) is 1. The van der Waals surface area contributed by atoms with Gasteiger partial charge in [-0.05, 0) is 72.7 Å². The van der Waals surface area contributed by atoms with Gasteiger partial charge in [-0.1, -0.05) is 24.5 Å². The molecule has 1 saturated carbocycles. The molecule has 4 rings (SSSR count). The maximum absolute atomic E-state index is 12.1. The van der Waals surface area contributed by atoms with Gasteiger partial charge in [0.25, 0.3) is 0 Å². The Morgan fingerprint density at radius 1 is 1.27 bits per heavy atom. The third-order valence-electron chi connectivity index (χ3n) is 6.10. The molecule has 0 radical (unpaired) electrons. The molecule has 0 amide bonds. The molecule has 5 nitrogen and oxygen atoms in total. The van der Waals surface area contributed by atoms with Gasteiger partial charge in [0.05, 0.1) is 18.2 Å². The number of unbranched alkanes of at least 4 members (excludes halogenated alkanes) is 2. The number of aromatic amines is 1. The van der Waals surface area contributed by atoms with E-state index in [2.05, 4.69) is 38.9 Å². The van der Waals surface area contributed by atoms with Gasteiger partial charge in [0.1, 0.15) is 17.4 Å². The van der Waals surface area contributed by atoms with E-state index in [0.717, 1.165) is 77.6 Å². The van der Waals surface area contributed by atoms with Crippen LogP contribution in [0.5, 0.6) is 5.75 Å². The second-order valence-corrected chi connectivity index (χ2v) is 9.08. The molecule has 2 aromatic heterocycles. The number of benzene rings is 1. The van der Waals surface area contributed by atoms with Gasteiger partial charge in [0.2, 0.25) is 0 Å². The zero-order valence-electron chi connectivity index (χ0n) is 17.6.